The van der Waals surface area contributed by atoms with E-state index in [-0.39, 0.29) is 5.97 Å². The van der Waals surface area contributed by atoms with Crippen molar-refractivity contribution in [2.75, 3.05) is 7.11 Å². The Hall–Kier alpha value is -1.01. The normalized spacial score (nSPS) is 9.00. The molecule has 80 valence electrons. The van der Waals surface area contributed by atoms with Gasteiger partial charge in [0.2, 0.25) is 0 Å². The van der Waals surface area contributed by atoms with Crippen molar-refractivity contribution in [2.45, 2.75) is 45.4 Å². The topological polar surface area (TPSA) is 26.3 Å². The lowest BCUT2D eigenvalue weighted by Crippen LogP contribution is -1.96. The summed E-state index contributed by atoms with van der Waals surface area (Å²) in [6.07, 6.45) is 10.1. The Balaban J connectivity index is 3.37. The summed E-state index contributed by atoms with van der Waals surface area (Å²) in [4.78, 5) is 10.7. The number of methoxy groups -OCH3 is 1. The molecule has 0 saturated carbocycles. The molecule has 0 bridgehead atoms. The molecular formula is C12H20O2. The van der Waals surface area contributed by atoms with Gasteiger partial charge in [0.25, 0.3) is 0 Å². The molecule has 0 aromatic rings. The van der Waals surface area contributed by atoms with Crippen LogP contribution in [0.15, 0.2) is 17.9 Å². The molecule has 0 atom stereocenters. The maximum atomic E-state index is 10.7. The number of rotatable bonds is 7. The highest BCUT2D eigenvalue weighted by Crippen LogP contribution is 2.02. The van der Waals surface area contributed by atoms with E-state index in [9.17, 15) is 4.79 Å². The van der Waals surface area contributed by atoms with Crippen LogP contribution in [0.3, 0.4) is 0 Å². The van der Waals surface area contributed by atoms with Gasteiger partial charge in [-0.05, 0) is 25.0 Å². The summed E-state index contributed by atoms with van der Waals surface area (Å²) in [5.41, 5.74) is 2.98. The van der Waals surface area contributed by atoms with Gasteiger partial charge in [0.1, 0.15) is 0 Å². The second-order valence-electron chi connectivity index (χ2n) is 3.20. The second-order valence-corrected chi connectivity index (χ2v) is 3.20. The maximum Gasteiger partial charge on any atom is 0.309 e. The third kappa shape index (κ3) is 9.08. The van der Waals surface area contributed by atoms with E-state index >= 15 is 0 Å². The van der Waals surface area contributed by atoms with Crippen molar-refractivity contribution in [2.24, 2.45) is 0 Å². The molecule has 0 spiro atoms. The SMILES string of the molecule is CCCCCCC=C=CCC(=O)OC. The maximum absolute atomic E-state index is 10.7. The lowest BCUT2D eigenvalue weighted by molar-refractivity contribution is -0.139. The molecule has 0 aromatic heterocycles. The van der Waals surface area contributed by atoms with Gasteiger partial charge < -0.3 is 4.74 Å². The van der Waals surface area contributed by atoms with Crippen LogP contribution < -0.4 is 0 Å². The van der Waals surface area contributed by atoms with E-state index in [2.05, 4.69) is 17.4 Å². The minimum Gasteiger partial charge on any atom is -0.469 e. The highest BCUT2D eigenvalue weighted by molar-refractivity contribution is 5.70. The predicted molar refractivity (Wildman–Crippen MR) is 58.0 cm³/mol. The van der Waals surface area contributed by atoms with Crippen LogP contribution in [-0.2, 0) is 9.53 Å². The van der Waals surface area contributed by atoms with Crippen LogP contribution in [-0.4, -0.2) is 13.1 Å². The van der Waals surface area contributed by atoms with E-state index < -0.39 is 0 Å². The lowest BCUT2D eigenvalue weighted by Gasteiger charge is -1.92. The number of hydrogen-bond donors (Lipinski definition) is 0. The standard InChI is InChI=1S/C12H20O2/c1-3-4-5-6-7-8-9-10-11-12(13)14-2/h8,10H,3-7,11H2,1-2H3. The molecular weight excluding hydrogens is 176 g/mol. The quantitative estimate of drug-likeness (QED) is 0.355. The van der Waals surface area contributed by atoms with Crippen molar-refractivity contribution in [3.63, 3.8) is 0 Å². The summed E-state index contributed by atoms with van der Waals surface area (Å²) in [5, 5.41) is 0. The van der Waals surface area contributed by atoms with Crippen LogP contribution in [0.2, 0.25) is 0 Å². The second kappa shape index (κ2) is 10.1. The molecule has 0 aliphatic rings. The number of unbranched alkanes of at least 4 members (excludes halogenated alkanes) is 4. The van der Waals surface area contributed by atoms with E-state index in [4.69, 9.17) is 0 Å². The minimum atomic E-state index is -0.211. The number of ether oxygens (including phenoxy) is 1. The Labute approximate surface area is 86.6 Å². The van der Waals surface area contributed by atoms with E-state index in [0.29, 0.717) is 6.42 Å². The average Bonchev–Trinajstić information content (AvgIpc) is 2.21. The Kier molecular flexibility index (Phi) is 9.35. The van der Waals surface area contributed by atoms with E-state index in [0.717, 1.165) is 6.42 Å². The van der Waals surface area contributed by atoms with Gasteiger partial charge in [-0.2, -0.15) is 0 Å². The molecule has 2 heteroatoms. The Morgan fingerprint density at radius 2 is 2.07 bits per heavy atom. The zero-order chi connectivity index (χ0) is 10.6. The fourth-order valence-corrected chi connectivity index (χ4v) is 1.07. The first kappa shape index (κ1) is 13.0. The minimum absolute atomic E-state index is 0.211. The van der Waals surface area contributed by atoms with E-state index in [1.54, 1.807) is 6.08 Å². The van der Waals surface area contributed by atoms with E-state index in [1.807, 2.05) is 6.08 Å². The van der Waals surface area contributed by atoms with Crippen molar-refractivity contribution in [3.8, 4) is 0 Å². The summed E-state index contributed by atoms with van der Waals surface area (Å²) >= 11 is 0. The first-order chi connectivity index (χ1) is 6.81. The van der Waals surface area contributed by atoms with Crippen LogP contribution in [0.5, 0.6) is 0 Å². The highest BCUT2D eigenvalue weighted by Gasteiger charge is 1.91. The number of hydrogen-bond acceptors (Lipinski definition) is 2. The third-order valence-electron chi connectivity index (χ3n) is 1.93. The molecule has 0 amide bonds. The van der Waals surface area contributed by atoms with Crippen molar-refractivity contribution >= 4 is 5.97 Å². The molecule has 0 fully saturated rings. The summed E-state index contributed by atoms with van der Waals surface area (Å²) in [6.45, 7) is 2.20. The Morgan fingerprint density at radius 1 is 1.29 bits per heavy atom. The fraction of sp³-hybridized carbons (Fsp3) is 0.667. The fourth-order valence-electron chi connectivity index (χ4n) is 1.07. The predicted octanol–water partition coefficient (Wildman–Crippen LogP) is 3.23. The monoisotopic (exact) mass is 196 g/mol. The average molecular weight is 196 g/mol. The lowest BCUT2D eigenvalue weighted by atomic mass is 10.1. The number of carbonyl (C=O) groups is 1. The summed E-state index contributed by atoms with van der Waals surface area (Å²) in [7, 11) is 1.39. The van der Waals surface area contributed by atoms with Gasteiger partial charge in [-0.3, -0.25) is 4.79 Å². The van der Waals surface area contributed by atoms with Crippen LogP contribution in [0.1, 0.15) is 45.4 Å². The summed E-state index contributed by atoms with van der Waals surface area (Å²) in [6, 6.07) is 0. The molecule has 0 aromatic carbocycles. The van der Waals surface area contributed by atoms with Gasteiger partial charge in [-0.15, -0.1) is 5.73 Å². The molecule has 2 nitrogen and oxygen atoms in total. The van der Waals surface area contributed by atoms with Gasteiger partial charge in [-0.1, -0.05) is 26.2 Å². The van der Waals surface area contributed by atoms with Crippen molar-refractivity contribution in [3.05, 3.63) is 17.9 Å². The van der Waals surface area contributed by atoms with Gasteiger partial charge in [0.15, 0.2) is 0 Å². The number of carbonyl (C=O) groups excluding carboxylic acids is 1. The Morgan fingerprint density at radius 3 is 2.71 bits per heavy atom. The smallest absolute Gasteiger partial charge is 0.309 e. The third-order valence-corrected chi connectivity index (χ3v) is 1.93. The Bertz CT molecular complexity index is 200. The zero-order valence-electron chi connectivity index (χ0n) is 9.21. The molecule has 0 radical (unpaired) electrons. The summed E-state index contributed by atoms with van der Waals surface area (Å²) in [5.74, 6) is -0.211. The van der Waals surface area contributed by atoms with Crippen molar-refractivity contribution < 1.29 is 9.53 Å². The van der Waals surface area contributed by atoms with Gasteiger partial charge >= 0.3 is 5.97 Å². The van der Waals surface area contributed by atoms with Crippen molar-refractivity contribution in [1.29, 1.82) is 0 Å². The molecule has 0 aliphatic heterocycles. The molecule has 14 heavy (non-hydrogen) atoms. The molecule has 0 heterocycles. The first-order valence-corrected chi connectivity index (χ1v) is 5.27. The van der Waals surface area contributed by atoms with Crippen LogP contribution in [0, 0.1) is 0 Å². The van der Waals surface area contributed by atoms with E-state index in [1.165, 1.54) is 32.8 Å². The molecule has 0 rings (SSSR count). The highest BCUT2D eigenvalue weighted by atomic mass is 16.5. The molecule has 0 aliphatic carbocycles. The zero-order valence-corrected chi connectivity index (χ0v) is 9.21. The molecule has 0 saturated heterocycles. The molecule has 0 N–H and O–H groups in total. The molecule has 0 unspecified atom stereocenters. The van der Waals surface area contributed by atoms with Gasteiger partial charge in [0.05, 0.1) is 13.5 Å². The van der Waals surface area contributed by atoms with Crippen LogP contribution in [0.4, 0.5) is 0 Å². The van der Waals surface area contributed by atoms with Crippen LogP contribution >= 0.6 is 0 Å². The van der Waals surface area contributed by atoms with Crippen molar-refractivity contribution in [1.82, 2.24) is 0 Å². The number of esters is 1. The van der Waals surface area contributed by atoms with Crippen LogP contribution in [0.25, 0.3) is 0 Å². The summed E-state index contributed by atoms with van der Waals surface area (Å²) < 4.78 is 4.49. The first-order valence-electron chi connectivity index (χ1n) is 5.27. The largest absolute Gasteiger partial charge is 0.469 e. The van der Waals surface area contributed by atoms with Gasteiger partial charge in [0, 0.05) is 0 Å². The van der Waals surface area contributed by atoms with Gasteiger partial charge in [-0.25, -0.2) is 0 Å².